The van der Waals surface area contributed by atoms with Crippen molar-refractivity contribution in [1.29, 1.82) is 0 Å². The second-order valence-corrected chi connectivity index (χ2v) is 3.92. The van der Waals surface area contributed by atoms with Crippen LogP contribution in [-0.2, 0) is 0 Å². The van der Waals surface area contributed by atoms with Gasteiger partial charge in [-0.05, 0) is 18.1 Å². The molecule has 0 saturated heterocycles. The molecule has 0 aromatic heterocycles. The highest BCUT2D eigenvalue weighted by Gasteiger charge is 2.19. The molecule has 1 aromatic carbocycles. The SMILES string of the molecule is Cc1cc(C(O)C(O)CS)cc([N+](=O)[O-])c1. The van der Waals surface area contributed by atoms with Crippen molar-refractivity contribution >= 4 is 18.3 Å². The van der Waals surface area contributed by atoms with Crippen LogP contribution in [0.1, 0.15) is 17.2 Å². The Morgan fingerprint density at radius 1 is 1.44 bits per heavy atom. The first-order valence-corrected chi connectivity index (χ1v) is 5.32. The third-order valence-corrected chi connectivity index (χ3v) is 2.56. The van der Waals surface area contributed by atoms with Crippen molar-refractivity contribution in [2.45, 2.75) is 19.1 Å². The van der Waals surface area contributed by atoms with Gasteiger partial charge in [-0.1, -0.05) is 6.07 Å². The molecule has 16 heavy (non-hydrogen) atoms. The quantitative estimate of drug-likeness (QED) is 0.422. The Morgan fingerprint density at radius 2 is 2.06 bits per heavy atom. The Kier molecular flexibility index (Phi) is 4.28. The van der Waals surface area contributed by atoms with Crippen molar-refractivity contribution in [2.24, 2.45) is 0 Å². The molecule has 88 valence electrons. The Bertz CT molecular complexity index is 396. The minimum Gasteiger partial charge on any atom is -0.389 e. The van der Waals surface area contributed by atoms with Crippen LogP contribution in [0.5, 0.6) is 0 Å². The van der Waals surface area contributed by atoms with E-state index in [2.05, 4.69) is 12.6 Å². The van der Waals surface area contributed by atoms with Gasteiger partial charge < -0.3 is 10.2 Å². The highest BCUT2D eigenvalue weighted by molar-refractivity contribution is 7.80. The molecule has 1 rings (SSSR count). The molecule has 0 radical (unpaired) electrons. The summed E-state index contributed by atoms with van der Waals surface area (Å²) in [5, 5.41) is 29.7. The molecule has 6 heteroatoms. The molecule has 2 unspecified atom stereocenters. The number of benzene rings is 1. The van der Waals surface area contributed by atoms with Gasteiger partial charge in [0.25, 0.3) is 5.69 Å². The van der Waals surface area contributed by atoms with Crippen molar-refractivity contribution in [2.75, 3.05) is 5.75 Å². The predicted octanol–water partition coefficient (Wildman–Crippen LogP) is 1.23. The van der Waals surface area contributed by atoms with E-state index >= 15 is 0 Å². The van der Waals surface area contributed by atoms with E-state index in [4.69, 9.17) is 0 Å². The summed E-state index contributed by atoms with van der Waals surface area (Å²) in [6.07, 6.45) is -2.19. The second-order valence-electron chi connectivity index (χ2n) is 3.55. The Balaban J connectivity index is 3.09. The van der Waals surface area contributed by atoms with Crippen LogP contribution in [0, 0.1) is 17.0 Å². The van der Waals surface area contributed by atoms with Crippen LogP contribution in [0.3, 0.4) is 0 Å². The minimum absolute atomic E-state index is 0.0862. The molecule has 2 atom stereocenters. The first kappa shape index (κ1) is 13.0. The maximum absolute atomic E-state index is 10.6. The molecule has 0 aliphatic rings. The van der Waals surface area contributed by atoms with Crippen molar-refractivity contribution in [3.8, 4) is 0 Å². The molecule has 0 saturated carbocycles. The summed E-state index contributed by atoms with van der Waals surface area (Å²) in [6, 6.07) is 4.26. The summed E-state index contributed by atoms with van der Waals surface area (Å²) in [4.78, 5) is 10.1. The van der Waals surface area contributed by atoms with Crippen molar-refractivity contribution in [3.05, 3.63) is 39.4 Å². The van der Waals surface area contributed by atoms with E-state index in [0.29, 0.717) is 11.1 Å². The normalized spacial score (nSPS) is 14.5. The molecular formula is C10H13NO4S. The lowest BCUT2D eigenvalue weighted by molar-refractivity contribution is -0.385. The van der Waals surface area contributed by atoms with Crippen molar-refractivity contribution in [3.63, 3.8) is 0 Å². The Morgan fingerprint density at radius 3 is 2.56 bits per heavy atom. The van der Waals surface area contributed by atoms with E-state index in [1.807, 2.05) is 0 Å². The monoisotopic (exact) mass is 243 g/mol. The highest BCUT2D eigenvalue weighted by atomic mass is 32.1. The molecule has 0 amide bonds. The van der Waals surface area contributed by atoms with Crippen LogP contribution in [-0.4, -0.2) is 27.0 Å². The van der Waals surface area contributed by atoms with Gasteiger partial charge in [0.05, 0.1) is 11.0 Å². The Labute approximate surface area is 98.3 Å². The number of aryl methyl sites for hydroxylation is 1. The first-order valence-electron chi connectivity index (χ1n) is 4.68. The molecule has 0 fully saturated rings. The third kappa shape index (κ3) is 2.94. The molecule has 0 heterocycles. The summed E-state index contributed by atoms with van der Waals surface area (Å²) < 4.78 is 0. The molecule has 0 aliphatic heterocycles. The molecular weight excluding hydrogens is 230 g/mol. The first-order chi connectivity index (χ1) is 7.45. The fourth-order valence-electron chi connectivity index (χ4n) is 1.39. The number of non-ortho nitro benzene ring substituents is 1. The number of hydrogen-bond acceptors (Lipinski definition) is 5. The Hall–Kier alpha value is -1.11. The average Bonchev–Trinajstić information content (AvgIpc) is 2.26. The number of nitro groups is 1. The van der Waals surface area contributed by atoms with Gasteiger partial charge >= 0.3 is 0 Å². The molecule has 0 spiro atoms. The molecule has 1 aromatic rings. The number of hydrogen-bond donors (Lipinski definition) is 3. The zero-order valence-corrected chi connectivity index (χ0v) is 9.59. The van der Waals surface area contributed by atoms with Gasteiger partial charge in [0.1, 0.15) is 6.10 Å². The van der Waals surface area contributed by atoms with Gasteiger partial charge in [-0.3, -0.25) is 10.1 Å². The minimum atomic E-state index is -1.16. The maximum atomic E-state index is 10.6. The largest absolute Gasteiger partial charge is 0.389 e. The van der Waals surface area contributed by atoms with Crippen LogP contribution in [0.25, 0.3) is 0 Å². The summed E-state index contributed by atoms with van der Waals surface area (Å²) >= 11 is 3.85. The zero-order valence-electron chi connectivity index (χ0n) is 8.70. The fourth-order valence-corrected chi connectivity index (χ4v) is 1.59. The topological polar surface area (TPSA) is 83.6 Å². The summed E-state index contributed by atoms with van der Waals surface area (Å²) in [6.45, 7) is 1.69. The van der Waals surface area contributed by atoms with Crippen molar-refractivity contribution < 1.29 is 15.1 Å². The second kappa shape index (κ2) is 5.29. The van der Waals surface area contributed by atoms with Gasteiger partial charge in [0.2, 0.25) is 0 Å². The average molecular weight is 243 g/mol. The summed E-state index contributed by atoms with van der Waals surface area (Å²) in [7, 11) is 0. The van der Waals surface area contributed by atoms with Gasteiger partial charge in [-0.25, -0.2) is 0 Å². The standard InChI is InChI=1S/C10H13NO4S/c1-6-2-7(10(13)9(12)5-16)4-8(3-6)11(14)15/h2-4,9-10,12-13,16H,5H2,1H3. The van der Waals surface area contributed by atoms with Crippen LogP contribution in [0.15, 0.2) is 18.2 Å². The van der Waals surface area contributed by atoms with Gasteiger partial charge in [-0.15, -0.1) is 0 Å². The molecule has 2 N–H and O–H groups in total. The maximum Gasteiger partial charge on any atom is 0.270 e. The zero-order chi connectivity index (χ0) is 12.3. The fraction of sp³-hybridized carbons (Fsp3) is 0.400. The lowest BCUT2D eigenvalue weighted by Gasteiger charge is -2.16. The molecule has 0 aliphatic carbocycles. The van der Waals surface area contributed by atoms with E-state index in [1.165, 1.54) is 12.1 Å². The van der Waals surface area contributed by atoms with Gasteiger partial charge in [0.15, 0.2) is 0 Å². The van der Waals surface area contributed by atoms with Crippen molar-refractivity contribution in [1.82, 2.24) is 0 Å². The number of aliphatic hydroxyl groups is 2. The number of rotatable bonds is 4. The van der Waals surface area contributed by atoms with Gasteiger partial charge in [0, 0.05) is 17.9 Å². The molecule has 0 bridgehead atoms. The predicted molar refractivity (Wildman–Crippen MR) is 62.7 cm³/mol. The lowest BCUT2D eigenvalue weighted by atomic mass is 10.0. The van der Waals surface area contributed by atoms with Crippen LogP contribution in [0.4, 0.5) is 5.69 Å². The van der Waals surface area contributed by atoms with Crippen LogP contribution in [0.2, 0.25) is 0 Å². The van der Waals surface area contributed by atoms with Gasteiger partial charge in [-0.2, -0.15) is 12.6 Å². The lowest BCUT2D eigenvalue weighted by Crippen LogP contribution is -2.19. The number of aliphatic hydroxyl groups excluding tert-OH is 2. The number of thiol groups is 1. The van der Waals surface area contributed by atoms with E-state index in [1.54, 1.807) is 13.0 Å². The van der Waals surface area contributed by atoms with Crippen LogP contribution >= 0.6 is 12.6 Å². The highest BCUT2D eigenvalue weighted by Crippen LogP contribution is 2.24. The molecule has 5 nitrogen and oxygen atoms in total. The third-order valence-electron chi connectivity index (χ3n) is 2.19. The van der Waals surface area contributed by atoms with E-state index in [9.17, 15) is 20.3 Å². The van der Waals surface area contributed by atoms with E-state index in [0.717, 1.165) is 0 Å². The number of nitro benzene ring substituents is 1. The smallest absolute Gasteiger partial charge is 0.270 e. The van der Waals surface area contributed by atoms with E-state index in [-0.39, 0.29) is 11.4 Å². The summed E-state index contributed by atoms with van der Waals surface area (Å²) in [5.74, 6) is 0.0862. The number of nitrogens with zero attached hydrogens (tertiary/aromatic N) is 1. The summed E-state index contributed by atoms with van der Waals surface area (Å²) in [5.41, 5.74) is 0.892. The van der Waals surface area contributed by atoms with Crippen LogP contribution < -0.4 is 0 Å². The van der Waals surface area contributed by atoms with E-state index < -0.39 is 17.1 Å².